The predicted molar refractivity (Wildman–Crippen MR) is 85.1 cm³/mol. The standard InChI is InChI=1S/C13H13N3O2S2/c1-15(8-10-6-7-20-9-10)13(19)14-11-2-4-12(5-3-11)16(17)18/h2-7,9H,8H2,1H3,(H,14,19). The van der Waals surface area contributed by atoms with Crippen molar-refractivity contribution >= 4 is 40.0 Å². The number of benzene rings is 1. The molecule has 2 aromatic rings. The highest BCUT2D eigenvalue weighted by Gasteiger charge is 2.08. The molecule has 1 heterocycles. The molecule has 0 aliphatic carbocycles. The van der Waals surface area contributed by atoms with E-state index in [1.54, 1.807) is 23.5 Å². The number of thiophene rings is 1. The van der Waals surface area contributed by atoms with E-state index >= 15 is 0 Å². The van der Waals surface area contributed by atoms with Gasteiger partial charge in [-0.3, -0.25) is 10.1 Å². The van der Waals surface area contributed by atoms with Crippen molar-refractivity contribution in [3.8, 4) is 0 Å². The largest absolute Gasteiger partial charge is 0.348 e. The van der Waals surface area contributed by atoms with Crippen LogP contribution in [0.4, 0.5) is 11.4 Å². The van der Waals surface area contributed by atoms with Crippen LogP contribution in [0.15, 0.2) is 41.1 Å². The number of hydrogen-bond donors (Lipinski definition) is 1. The van der Waals surface area contributed by atoms with Gasteiger partial charge in [0.15, 0.2) is 5.11 Å². The van der Waals surface area contributed by atoms with Crippen LogP contribution in [-0.4, -0.2) is 22.0 Å². The summed E-state index contributed by atoms with van der Waals surface area (Å²) in [6.07, 6.45) is 0. The first-order chi connectivity index (χ1) is 9.56. The van der Waals surface area contributed by atoms with Crippen LogP contribution in [0.5, 0.6) is 0 Å². The van der Waals surface area contributed by atoms with E-state index in [1.165, 1.54) is 17.7 Å². The van der Waals surface area contributed by atoms with Gasteiger partial charge in [0.05, 0.1) is 4.92 Å². The summed E-state index contributed by atoms with van der Waals surface area (Å²) in [6.45, 7) is 0.725. The highest BCUT2D eigenvalue weighted by molar-refractivity contribution is 7.80. The summed E-state index contributed by atoms with van der Waals surface area (Å²) < 4.78 is 0. The van der Waals surface area contributed by atoms with Gasteiger partial charge in [0.25, 0.3) is 5.69 Å². The number of nitrogens with zero attached hydrogens (tertiary/aromatic N) is 2. The fourth-order valence-corrected chi connectivity index (χ4v) is 2.46. The van der Waals surface area contributed by atoms with Crippen LogP contribution in [0.3, 0.4) is 0 Å². The lowest BCUT2D eigenvalue weighted by Gasteiger charge is -2.20. The van der Waals surface area contributed by atoms with Gasteiger partial charge in [-0.05, 0) is 46.7 Å². The van der Waals surface area contributed by atoms with Gasteiger partial charge in [0.1, 0.15) is 0 Å². The summed E-state index contributed by atoms with van der Waals surface area (Å²) in [6, 6.07) is 8.23. The molecule has 2 rings (SSSR count). The van der Waals surface area contributed by atoms with Crippen molar-refractivity contribution in [1.29, 1.82) is 0 Å². The van der Waals surface area contributed by atoms with Crippen molar-refractivity contribution in [2.45, 2.75) is 6.54 Å². The quantitative estimate of drug-likeness (QED) is 0.532. The summed E-state index contributed by atoms with van der Waals surface area (Å²) in [5.41, 5.74) is 2.00. The second-order valence-electron chi connectivity index (χ2n) is 4.22. The Morgan fingerprint density at radius 2 is 2.10 bits per heavy atom. The maximum Gasteiger partial charge on any atom is 0.269 e. The lowest BCUT2D eigenvalue weighted by molar-refractivity contribution is -0.384. The van der Waals surface area contributed by atoms with E-state index in [0.29, 0.717) is 5.11 Å². The minimum absolute atomic E-state index is 0.0631. The average Bonchev–Trinajstić information content (AvgIpc) is 2.92. The highest BCUT2D eigenvalue weighted by atomic mass is 32.1. The molecule has 0 bridgehead atoms. The third-order valence-electron chi connectivity index (χ3n) is 2.68. The minimum Gasteiger partial charge on any atom is -0.348 e. The van der Waals surface area contributed by atoms with Crippen molar-refractivity contribution in [1.82, 2.24) is 4.90 Å². The van der Waals surface area contributed by atoms with Gasteiger partial charge in [-0.2, -0.15) is 11.3 Å². The number of nitro benzene ring substituents is 1. The summed E-state index contributed by atoms with van der Waals surface area (Å²) in [4.78, 5) is 12.1. The molecule has 0 atom stereocenters. The lowest BCUT2D eigenvalue weighted by atomic mass is 10.3. The van der Waals surface area contributed by atoms with E-state index in [4.69, 9.17) is 12.2 Å². The number of anilines is 1. The van der Waals surface area contributed by atoms with Crippen LogP contribution in [0.1, 0.15) is 5.56 Å². The van der Waals surface area contributed by atoms with E-state index in [9.17, 15) is 10.1 Å². The topological polar surface area (TPSA) is 58.4 Å². The summed E-state index contributed by atoms with van der Waals surface area (Å²) in [7, 11) is 1.90. The van der Waals surface area contributed by atoms with Crippen LogP contribution < -0.4 is 5.32 Å². The van der Waals surface area contributed by atoms with Crippen LogP contribution in [0.25, 0.3) is 0 Å². The maximum absolute atomic E-state index is 10.6. The zero-order chi connectivity index (χ0) is 14.5. The van der Waals surface area contributed by atoms with E-state index in [1.807, 2.05) is 17.3 Å². The first-order valence-electron chi connectivity index (χ1n) is 5.84. The van der Waals surface area contributed by atoms with Gasteiger partial charge in [0, 0.05) is 31.4 Å². The van der Waals surface area contributed by atoms with Crippen molar-refractivity contribution in [2.75, 3.05) is 12.4 Å². The molecule has 7 heteroatoms. The van der Waals surface area contributed by atoms with Crippen molar-refractivity contribution < 1.29 is 4.92 Å². The third kappa shape index (κ3) is 3.75. The molecule has 0 spiro atoms. The number of hydrogen-bond acceptors (Lipinski definition) is 4. The molecule has 5 nitrogen and oxygen atoms in total. The fraction of sp³-hybridized carbons (Fsp3) is 0.154. The van der Waals surface area contributed by atoms with Crippen molar-refractivity contribution in [2.24, 2.45) is 0 Å². The van der Waals surface area contributed by atoms with Crippen LogP contribution in [0.2, 0.25) is 0 Å². The Hall–Kier alpha value is -1.99. The number of nitro groups is 1. The van der Waals surface area contributed by atoms with Gasteiger partial charge in [-0.15, -0.1) is 0 Å². The summed E-state index contributed by atoms with van der Waals surface area (Å²) >= 11 is 6.95. The van der Waals surface area contributed by atoms with Crippen LogP contribution in [-0.2, 0) is 6.54 Å². The molecule has 0 aliphatic heterocycles. The van der Waals surface area contributed by atoms with Gasteiger partial charge in [-0.1, -0.05) is 0 Å². The Labute approximate surface area is 126 Å². The third-order valence-corrected chi connectivity index (χ3v) is 3.82. The minimum atomic E-state index is -0.426. The number of non-ortho nitro benzene ring substituents is 1. The summed E-state index contributed by atoms with van der Waals surface area (Å²) in [5, 5.41) is 18.3. The van der Waals surface area contributed by atoms with Gasteiger partial charge in [0.2, 0.25) is 0 Å². The van der Waals surface area contributed by atoms with Crippen LogP contribution in [0, 0.1) is 10.1 Å². The number of nitrogens with one attached hydrogen (secondary N) is 1. The first-order valence-corrected chi connectivity index (χ1v) is 7.19. The fourth-order valence-electron chi connectivity index (χ4n) is 1.61. The molecule has 0 amide bonds. The van der Waals surface area contributed by atoms with Crippen molar-refractivity contribution in [3.05, 3.63) is 56.8 Å². The molecule has 0 saturated heterocycles. The Morgan fingerprint density at radius 3 is 2.65 bits per heavy atom. The zero-order valence-electron chi connectivity index (χ0n) is 10.8. The van der Waals surface area contributed by atoms with Crippen LogP contribution >= 0.6 is 23.6 Å². The molecule has 0 radical (unpaired) electrons. The first kappa shape index (κ1) is 14.4. The predicted octanol–water partition coefficient (Wildman–Crippen LogP) is 3.49. The zero-order valence-corrected chi connectivity index (χ0v) is 12.4. The number of thiocarbonyl (C=S) groups is 1. The molecule has 20 heavy (non-hydrogen) atoms. The van der Waals surface area contributed by atoms with Gasteiger partial charge < -0.3 is 10.2 Å². The smallest absolute Gasteiger partial charge is 0.269 e. The molecule has 104 valence electrons. The van der Waals surface area contributed by atoms with E-state index < -0.39 is 4.92 Å². The molecule has 0 saturated carbocycles. The molecule has 1 aromatic heterocycles. The highest BCUT2D eigenvalue weighted by Crippen LogP contribution is 2.16. The van der Waals surface area contributed by atoms with E-state index in [-0.39, 0.29) is 5.69 Å². The average molecular weight is 307 g/mol. The SMILES string of the molecule is CN(Cc1ccsc1)C(=S)Nc1ccc([N+](=O)[O-])cc1. The van der Waals surface area contributed by atoms with E-state index in [0.717, 1.165) is 12.2 Å². The molecular formula is C13H13N3O2S2. The Bertz CT molecular complexity index is 597. The monoisotopic (exact) mass is 307 g/mol. The molecular weight excluding hydrogens is 294 g/mol. The Kier molecular flexibility index (Phi) is 4.65. The molecule has 0 unspecified atom stereocenters. The molecule has 1 N–H and O–H groups in total. The normalized spacial score (nSPS) is 10.1. The Balaban J connectivity index is 1.95. The number of rotatable bonds is 4. The van der Waals surface area contributed by atoms with E-state index in [2.05, 4.69) is 16.8 Å². The maximum atomic E-state index is 10.6. The second-order valence-corrected chi connectivity index (χ2v) is 5.39. The molecule has 1 aromatic carbocycles. The Morgan fingerprint density at radius 1 is 1.40 bits per heavy atom. The molecule has 0 fully saturated rings. The summed E-state index contributed by atoms with van der Waals surface area (Å²) in [5.74, 6) is 0. The van der Waals surface area contributed by atoms with Gasteiger partial charge >= 0.3 is 0 Å². The lowest BCUT2D eigenvalue weighted by Crippen LogP contribution is -2.30. The van der Waals surface area contributed by atoms with Gasteiger partial charge in [-0.25, -0.2) is 0 Å². The molecule has 0 aliphatic rings. The second kappa shape index (κ2) is 6.44. The van der Waals surface area contributed by atoms with Crippen molar-refractivity contribution in [3.63, 3.8) is 0 Å².